The maximum absolute atomic E-state index is 14.3. The fourth-order valence-electron chi connectivity index (χ4n) is 7.33. The van der Waals surface area contributed by atoms with Gasteiger partial charge in [0.15, 0.2) is 5.60 Å². The lowest BCUT2D eigenvalue weighted by Gasteiger charge is -2.46. The van der Waals surface area contributed by atoms with Crippen molar-refractivity contribution >= 4 is 23.1 Å². The van der Waals surface area contributed by atoms with Crippen LogP contribution in [0.5, 0.6) is 5.75 Å². The van der Waals surface area contributed by atoms with Crippen LogP contribution in [-0.4, -0.2) is 87.6 Å². The molecule has 4 aliphatic rings. The van der Waals surface area contributed by atoms with Gasteiger partial charge in [-0.15, -0.1) is 0 Å². The van der Waals surface area contributed by atoms with Gasteiger partial charge in [-0.05, 0) is 62.2 Å². The third kappa shape index (κ3) is 3.72. The summed E-state index contributed by atoms with van der Waals surface area (Å²) in [7, 11) is 7.12. The number of aromatic hydroxyl groups is 1. The number of phenols is 1. The van der Waals surface area contributed by atoms with Crippen molar-refractivity contribution in [3.63, 3.8) is 0 Å². The number of ketones is 1. The molecular formula is C30H35N5O7. The molecule has 222 valence electrons. The molecule has 3 aliphatic carbocycles. The standard InChI is InChI=1S/C30H35N5O7/c1-34(2)19-11-16(13-33-12-14-5-7-32-8-6-14)24(36)21-17(19)9-15-10-18-23(35(3)4)26(38)22(28(31)40)30(41)29(18,42-30)27(39)20(15)25(21)37/h5-8,11,15,18,23,33,36-38,41H,9-10,12-13H2,1-4H3,(H2,31,40)/t15-,18-,23-,29-,30?/m0/s1. The Balaban J connectivity index is 1.44. The van der Waals surface area contributed by atoms with E-state index >= 15 is 0 Å². The van der Waals surface area contributed by atoms with Gasteiger partial charge in [-0.25, -0.2) is 0 Å². The number of aromatic nitrogens is 1. The van der Waals surface area contributed by atoms with E-state index in [4.69, 9.17) is 10.5 Å². The van der Waals surface area contributed by atoms with Crippen LogP contribution < -0.4 is 16.0 Å². The SMILES string of the molecule is CN(C)c1cc(CNCc2ccncc2)c(O)c2c1C[C@H]1C[C@H]3[C@H](N(C)C)C(O)=C(C(N)=O)C4(O)O[C@]34C(=O)C1=C2O. The Morgan fingerprint density at radius 1 is 1.17 bits per heavy atom. The van der Waals surface area contributed by atoms with Crippen LogP contribution in [0.1, 0.15) is 28.7 Å². The first-order valence-corrected chi connectivity index (χ1v) is 13.8. The van der Waals surface area contributed by atoms with Crippen LogP contribution in [0.25, 0.3) is 5.76 Å². The molecule has 1 amide bonds. The lowest BCUT2D eigenvalue weighted by atomic mass is 9.58. The Bertz CT molecular complexity index is 1570. The number of hydrogen-bond acceptors (Lipinski definition) is 11. The number of phenolic OH excluding ortho intramolecular Hbond substituents is 1. The molecule has 0 radical (unpaired) electrons. The molecular weight excluding hydrogens is 542 g/mol. The number of ether oxygens (including phenoxy) is 1. The summed E-state index contributed by atoms with van der Waals surface area (Å²) in [6, 6.07) is 4.81. The van der Waals surface area contributed by atoms with Crippen LogP contribution in [-0.2, 0) is 33.8 Å². The second-order valence-electron chi connectivity index (χ2n) is 12.0. The maximum Gasteiger partial charge on any atom is 0.253 e. The number of fused-ring (bicyclic) bond motifs is 2. The summed E-state index contributed by atoms with van der Waals surface area (Å²) in [4.78, 5) is 34.2. The van der Waals surface area contributed by atoms with Crippen LogP contribution in [0, 0.1) is 11.8 Å². The molecule has 1 saturated heterocycles. The van der Waals surface area contributed by atoms with Crippen molar-refractivity contribution in [1.82, 2.24) is 15.2 Å². The minimum atomic E-state index is -2.41. The molecule has 2 aromatic rings. The Hall–Kier alpha value is -3.97. The van der Waals surface area contributed by atoms with Crippen molar-refractivity contribution in [1.29, 1.82) is 0 Å². The number of aliphatic hydroxyl groups is 3. The smallest absolute Gasteiger partial charge is 0.253 e. The second-order valence-corrected chi connectivity index (χ2v) is 12.0. The predicted molar refractivity (Wildman–Crippen MR) is 152 cm³/mol. The second kappa shape index (κ2) is 9.53. The van der Waals surface area contributed by atoms with Crippen molar-refractivity contribution in [3.05, 3.63) is 69.8 Å². The van der Waals surface area contributed by atoms with E-state index in [0.717, 1.165) is 11.3 Å². The zero-order chi connectivity index (χ0) is 30.3. The number of rotatable bonds is 7. The van der Waals surface area contributed by atoms with Gasteiger partial charge in [0.25, 0.3) is 5.91 Å². The molecule has 1 spiro atoms. The summed E-state index contributed by atoms with van der Waals surface area (Å²) >= 11 is 0. The van der Waals surface area contributed by atoms with Crippen molar-refractivity contribution in [3.8, 4) is 5.75 Å². The number of carbonyl (C=O) groups is 2. The molecule has 0 bridgehead atoms. The normalized spacial score (nSPS) is 29.6. The predicted octanol–water partition coefficient (Wildman–Crippen LogP) is 0.872. The molecule has 42 heavy (non-hydrogen) atoms. The summed E-state index contributed by atoms with van der Waals surface area (Å²) in [5.74, 6) is -6.37. The number of amides is 1. The van der Waals surface area contributed by atoms with Crippen molar-refractivity contribution in [2.45, 2.75) is 43.4 Å². The number of epoxide rings is 1. The van der Waals surface area contributed by atoms with E-state index in [0.29, 0.717) is 24.1 Å². The monoisotopic (exact) mass is 577 g/mol. The van der Waals surface area contributed by atoms with E-state index in [1.54, 1.807) is 31.4 Å². The van der Waals surface area contributed by atoms with Gasteiger partial charge < -0.3 is 41.1 Å². The summed E-state index contributed by atoms with van der Waals surface area (Å²) < 4.78 is 5.72. The van der Waals surface area contributed by atoms with E-state index in [2.05, 4.69) is 10.3 Å². The molecule has 1 unspecified atom stereocenters. The summed E-state index contributed by atoms with van der Waals surface area (Å²) in [6.07, 6.45) is 3.98. The molecule has 7 N–H and O–H groups in total. The number of nitrogens with two attached hydrogens (primary N) is 1. The van der Waals surface area contributed by atoms with Crippen LogP contribution in [0.4, 0.5) is 5.69 Å². The van der Waals surface area contributed by atoms with E-state index in [9.17, 15) is 30.0 Å². The first-order valence-electron chi connectivity index (χ1n) is 13.8. The molecule has 1 aromatic carbocycles. The Labute approximate surface area is 242 Å². The molecule has 12 heteroatoms. The van der Waals surface area contributed by atoms with E-state index in [1.165, 1.54) is 0 Å². The summed E-state index contributed by atoms with van der Waals surface area (Å²) in [5, 5.41) is 48.9. The number of likely N-dealkylation sites (N-methyl/N-ethyl adjacent to an activating group) is 1. The van der Waals surface area contributed by atoms with E-state index in [-0.39, 0.29) is 35.6 Å². The van der Waals surface area contributed by atoms with Gasteiger partial charge >= 0.3 is 0 Å². The average molecular weight is 578 g/mol. The number of primary amides is 1. The largest absolute Gasteiger partial charge is 0.510 e. The number of nitrogens with zero attached hydrogens (tertiary/aromatic N) is 3. The summed E-state index contributed by atoms with van der Waals surface area (Å²) in [6.45, 7) is 0.813. The molecule has 5 atom stereocenters. The minimum Gasteiger partial charge on any atom is -0.510 e. The van der Waals surface area contributed by atoms with Crippen molar-refractivity contribution in [2.75, 3.05) is 33.1 Å². The Morgan fingerprint density at radius 3 is 2.48 bits per heavy atom. The van der Waals surface area contributed by atoms with Crippen LogP contribution in [0.15, 0.2) is 47.5 Å². The molecule has 12 nitrogen and oxygen atoms in total. The molecule has 1 aliphatic heterocycles. The van der Waals surface area contributed by atoms with Gasteiger partial charge in [0.05, 0.1) is 11.6 Å². The fourth-order valence-corrected chi connectivity index (χ4v) is 7.33. The molecule has 1 saturated carbocycles. The topological polar surface area (TPSA) is 185 Å². The lowest BCUT2D eigenvalue weighted by molar-refractivity contribution is -0.127. The number of benzene rings is 1. The number of Topliss-reactive ketones (excluding diaryl/α,β-unsaturated/α-hetero) is 1. The van der Waals surface area contributed by atoms with Crippen molar-refractivity contribution in [2.24, 2.45) is 17.6 Å². The molecule has 6 rings (SSSR count). The molecule has 2 fully saturated rings. The van der Waals surface area contributed by atoms with E-state index in [1.807, 2.05) is 37.2 Å². The first kappa shape index (κ1) is 28.2. The van der Waals surface area contributed by atoms with Gasteiger partial charge in [0.1, 0.15) is 22.8 Å². The molecule has 2 heterocycles. The van der Waals surface area contributed by atoms with Crippen LogP contribution in [0.2, 0.25) is 0 Å². The van der Waals surface area contributed by atoms with Crippen LogP contribution in [0.3, 0.4) is 0 Å². The fraction of sp³-hybridized carbons (Fsp3) is 0.433. The van der Waals surface area contributed by atoms with Gasteiger partial charge in [0.2, 0.25) is 11.6 Å². The van der Waals surface area contributed by atoms with Crippen molar-refractivity contribution < 1.29 is 34.8 Å². The highest BCUT2D eigenvalue weighted by Crippen LogP contribution is 2.67. The number of anilines is 1. The van der Waals surface area contributed by atoms with E-state index < -0.39 is 52.3 Å². The van der Waals surface area contributed by atoms with Crippen LogP contribution >= 0.6 is 0 Å². The maximum atomic E-state index is 14.3. The third-order valence-corrected chi connectivity index (χ3v) is 9.16. The highest BCUT2D eigenvalue weighted by Gasteiger charge is 2.86. The third-order valence-electron chi connectivity index (χ3n) is 9.16. The zero-order valence-electron chi connectivity index (χ0n) is 23.9. The zero-order valence-corrected chi connectivity index (χ0v) is 23.9. The Morgan fingerprint density at radius 2 is 1.86 bits per heavy atom. The minimum absolute atomic E-state index is 0.0271. The highest BCUT2D eigenvalue weighted by atomic mass is 16.8. The quantitative estimate of drug-likeness (QED) is 0.257. The van der Waals surface area contributed by atoms with Gasteiger partial charge in [-0.2, -0.15) is 0 Å². The number of hydrogen-bond donors (Lipinski definition) is 6. The number of pyridine rings is 1. The highest BCUT2D eigenvalue weighted by molar-refractivity contribution is 6.14. The molecule has 1 aromatic heterocycles. The van der Waals surface area contributed by atoms with Gasteiger partial charge in [-0.1, -0.05) is 0 Å². The average Bonchev–Trinajstić information content (AvgIpc) is 3.55. The summed E-state index contributed by atoms with van der Waals surface area (Å²) in [5.41, 5.74) is 6.28. The first-order chi connectivity index (χ1) is 19.8. The number of carbonyl (C=O) groups excluding carboxylic acids is 2. The number of aliphatic hydroxyl groups excluding tert-OH is 2. The van der Waals surface area contributed by atoms with Gasteiger partial charge in [-0.3, -0.25) is 19.5 Å². The Kier molecular flexibility index (Phi) is 6.39. The van der Waals surface area contributed by atoms with Gasteiger partial charge in [0, 0.05) is 62.3 Å². The number of nitrogens with one attached hydrogen (secondary N) is 1. The lowest BCUT2D eigenvalue weighted by Crippen LogP contribution is -2.60.